The van der Waals surface area contributed by atoms with E-state index in [2.05, 4.69) is 52.4 Å². The van der Waals surface area contributed by atoms with Crippen LogP contribution in [0.25, 0.3) is 0 Å². The second-order valence-electron chi connectivity index (χ2n) is 4.24. The van der Waals surface area contributed by atoms with Gasteiger partial charge in [-0.25, -0.2) is 5.43 Å². The Kier molecular flexibility index (Phi) is 2.04. The molecule has 15 heavy (non-hydrogen) atoms. The first kappa shape index (κ1) is 9.00. The zero-order chi connectivity index (χ0) is 10.3. The summed E-state index contributed by atoms with van der Waals surface area (Å²) in [5, 5.41) is 3.51. The van der Waals surface area contributed by atoms with Crippen molar-refractivity contribution >= 4 is 11.4 Å². The molecule has 3 N–H and O–H groups in total. The number of rotatable bonds is 0. The molecule has 2 unspecified atom stereocenters. The summed E-state index contributed by atoms with van der Waals surface area (Å²) in [6, 6.07) is 8.46. The topological polar surface area (TPSA) is 39.3 Å². The van der Waals surface area contributed by atoms with Crippen molar-refractivity contribution in [2.75, 3.05) is 30.4 Å². The van der Waals surface area contributed by atoms with Gasteiger partial charge in [0.1, 0.15) is 0 Å². The maximum Gasteiger partial charge on any atom is 0.0977 e. The van der Waals surface area contributed by atoms with E-state index in [1.165, 1.54) is 11.4 Å². The maximum absolute atomic E-state index is 3.51. The molecule has 0 aromatic heterocycles. The lowest BCUT2D eigenvalue weighted by atomic mass is 10.1. The average Bonchev–Trinajstić information content (AvgIpc) is 2.69. The van der Waals surface area contributed by atoms with Crippen LogP contribution in [0.2, 0.25) is 0 Å². The highest BCUT2D eigenvalue weighted by molar-refractivity contribution is 5.71. The first-order chi connectivity index (χ1) is 7.36. The summed E-state index contributed by atoms with van der Waals surface area (Å²) >= 11 is 0. The predicted octanol–water partition coefficient (Wildman–Crippen LogP) is 0.598. The molecule has 1 saturated heterocycles. The van der Waals surface area contributed by atoms with Crippen molar-refractivity contribution in [3.63, 3.8) is 0 Å². The summed E-state index contributed by atoms with van der Waals surface area (Å²) in [6.07, 6.45) is 0.390. The highest BCUT2D eigenvalue weighted by atomic mass is 15.5. The van der Waals surface area contributed by atoms with Crippen LogP contribution >= 0.6 is 0 Å². The minimum Gasteiger partial charge on any atom is -0.383 e. The van der Waals surface area contributed by atoms with Crippen molar-refractivity contribution in [1.82, 2.24) is 10.9 Å². The zero-order valence-corrected chi connectivity index (χ0v) is 8.83. The number of hydrogen-bond acceptors (Lipinski definition) is 4. The molecule has 2 heterocycles. The van der Waals surface area contributed by atoms with Crippen molar-refractivity contribution in [2.24, 2.45) is 5.92 Å². The number of nitrogens with zero attached hydrogens (tertiary/aromatic N) is 1. The van der Waals surface area contributed by atoms with Crippen LogP contribution in [0.3, 0.4) is 0 Å². The van der Waals surface area contributed by atoms with E-state index < -0.39 is 0 Å². The fourth-order valence-corrected chi connectivity index (χ4v) is 2.44. The Hall–Kier alpha value is -1.26. The summed E-state index contributed by atoms with van der Waals surface area (Å²) in [5.74, 6) is 0.613. The van der Waals surface area contributed by atoms with E-state index in [9.17, 15) is 0 Å². The number of hydrazine groups is 1. The lowest BCUT2D eigenvalue weighted by Crippen LogP contribution is -2.45. The molecule has 0 aliphatic carbocycles. The highest BCUT2D eigenvalue weighted by Crippen LogP contribution is 2.31. The number of nitrogens with one attached hydrogen (secondary N) is 3. The van der Waals surface area contributed by atoms with Gasteiger partial charge in [0.05, 0.1) is 17.5 Å². The van der Waals surface area contributed by atoms with Crippen LogP contribution in [0.5, 0.6) is 0 Å². The van der Waals surface area contributed by atoms with Gasteiger partial charge in [-0.1, -0.05) is 12.1 Å². The van der Waals surface area contributed by atoms with E-state index in [1.807, 2.05) is 0 Å². The van der Waals surface area contributed by atoms with Crippen molar-refractivity contribution in [1.29, 1.82) is 0 Å². The van der Waals surface area contributed by atoms with Crippen LogP contribution in [0.1, 0.15) is 0 Å². The molecule has 0 radical (unpaired) electrons. The first-order valence-electron chi connectivity index (χ1n) is 5.40. The SMILES string of the molecule is CN1c2ccccc2NCC2CNNC21. The molecule has 0 amide bonds. The Balaban J connectivity index is 2.00. The molecule has 2 aliphatic rings. The second kappa shape index (κ2) is 3.40. The molecule has 0 bridgehead atoms. The number of anilines is 2. The number of hydrogen-bond donors (Lipinski definition) is 3. The Morgan fingerprint density at radius 3 is 3.07 bits per heavy atom. The van der Waals surface area contributed by atoms with Gasteiger partial charge < -0.3 is 10.2 Å². The Morgan fingerprint density at radius 1 is 1.27 bits per heavy atom. The Morgan fingerprint density at radius 2 is 2.13 bits per heavy atom. The minimum absolute atomic E-state index is 0.390. The molecular formula is C11H16N4. The Bertz CT molecular complexity index is 365. The monoisotopic (exact) mass is 204 g/mol. The smallest absolute Gasteiger partial charge is 0.0977 e. The number of para-hydroxylation sites is 2. The van der Waals surface area contributed by atoms with Gasteiger partial charge in [0.2, 0.25) is 0 Å². The normalized spacial score (nSPS) is 29.0. The first-order valence-corrected chi connectivity index (χ1v) is 5.40. The van der Waals surface area contributed by atoms with E-state index >= 15 is 0 Å². The van der Waals surface area contributed by atoms with Crippen LogP contribution in [-0.2, 0) is 0 Å². The van der Waals surface area contributed by atoms with Crippen LogP contribution in [0, 0.1) is 5.92 Å². The van der Waals surface area contributed by atoms with Crippen LogP contribution in [0.4, 0.5) is 11.4 Å². The van der Waals surface area contributed by atoms with Crippen LogP contribution in [-0.4, -0.2) is 26.3 Å². The zero-order valence-electron chi connectivity index (χ0n) is 8.83. The van der Waals surface area contributed by atoms with E-state index in [1.54, 1.807) is 0 Å². The Labute approximate surface area is 89.6 Å². The van der Waals surface area contributed by atoms with Gasteiger partial charge in [-0.05, 0) is 12.1 Å². The predicted molar refractivity (Wildman–Crippen MR) is 61.8 cm³/mol. The second-order valence-corrected chi connectivity index (χ2v) is 4.24. The van der Waals surface area contributed by atoms with Crippen LogP contribution < -0.4 is 21.1 Å². The number of benzene rings is 1. The third-order valence-electron chi connectivity index (χ3n) is 3.32. The third-order valence-corrected chi connectivity index (χ3v) is 3.32. The van der Waals surface area contributed by atoms with Crippen molar-refractivity contribution in [2.45, 2.75) is 6.17 Å². The molecule has 4 heteroatoms. The molecule has 2 aliphatic heterocycles. The van der Waals surface area contributed by atoms with Gasteiger partial charge in [0.15, 0.2) is 0 Å². The van der Waals surface area contributed by atoms with Gasteiger partial charge in [0.25, 0.3) is 0 Å². The van der Waals surface area contributed by atoms with Gasteiger partial charge in [-0.15, -0.1) is 0 Å². The van der Waals surface area contributed by atoms with Gasteiger partial charge in [-0.3, -0.25) is 5.43 Å². The van der Waals surface area contributed by atoms with E-state index in [4.69, 9.17) is 0 Å². The minimum atomic E-state index is 0.390. The quantitative estimate of drug-likeness (QED) is 0.578. The molecule has 2 atom stereocenters. The summed E-state index contributed by atoms with van der Waals surface area (Å²) in [6.45, 7) is 2.04. The van der Waals surface area contributed by atoms with E-state index in [-0.39, 0.29) is 0 Å². The summed E-state index contributed by atoms with van der Waals surface area (Å²) < 4.78 is 0. The van der Waals surface area contributed by atoms with E-state index in [0.717, 1.165) is 13.1 Å². The number of fused-ring (bicyclic) bond motifs is 2. The molecule has 3 rings (SSSR count). The van der Waals surface area contributed by atoms with E-state index in [0.29, 0.717) is 12.1 Å². The summed E-state index contributed by atoms with van der Waals surface area (Å²) in [7, 11) is 2.14. The molecule has 1 fully saturated rings. The largest absolute Gasteiger partial charge is 0.383 e. The molecule has 0 saturated carbocycles. The van der Waals surface area contributed by atoms with Gasteiger partial charge in [0, 0.05) is 26.1 Å². The van der Waals surface area contributed by atoms with Gasteiger partial charge >= 0.3 is 0 Å². The lowest BCUT2D eigenvalue weighted by Gasteiger charge is -2.28. The molecule has 80 valence electrons. The molecule has 4 nitrogen and oxygen atoms in total. The third kappa shape index (κ3) is 1.37. The molecule has 1 aromatic rings. The summed E-state index contributed by atoms with van der Waals surface area (Å²) in [5.41, 5.74) is 9.04. The van der Waals surface area contributed by atoms with Crippen LogP contribution in [0.15, 0.2) is 24.3 Å². The molecular weight excluding hydrogens is 188 g/mol. The maximum atomic E-state index is 3.51. The lowest BCUT2D eigenvalue weighted by molar-refractivity contribution is 0.472. The average molecular weight is 204 g/mol. The van der Waals surface area contributed by atoms with Crippen molar-refractivity contribution in [3.8, 4) is 0 Å². The molecule has 0 spiro atoms. The fourth-order valence-electron chi connectivity index (χ4n) is 2.44. The highest BCUT2D eigenvalue weighted by Gasteiger charge is 2.33. The summed E-state index contributed by atoms with van der Waals surface area (Å²) in [4.78, 5) is 2.31. The van der Waals surface area contributed by atoms with Crippen molar-refractivity contribution < 1.29 is 0 Å². The van der Waals surface area contributed by atoms with Crippen molar-refractivity contribution in [3.05, 3.63) is 24.3 Å². The van der Waals surface area contributed by atoms with Gasteiger partial charge in [-0.2, -0.15) is 0 Å². The fraction of sp³-hybridized carbons (Fsp3) is 0.455. The standard InChI is InChI=1S/C11H16N4/c1-15-10-5-3-2-4-9(10)12-6-8-7-13-14-11(8)15/h2-5,8,11-14H,6-7H2,1H3. The molecule has 1 aromatic carbocycles.